The Labute approximate surface area is 122 Å². The van der Waals surface area contributed by atoms with Crippen LogP contribution in [0.25, 0.3) is 0 Å². The summed E-state index contributed by atoms with van der Waals surface area (Å²) < 4.78 is 1.06. The topological polar surface area (TPSA) is 41.5 Å². The zero-order valence-corrected chi connectivity index (χ0v) is 12.6. The second-order valence-electron chi connectivity index (χ2n) is 4.21. The first-order chi connectivity index (χ1) is 9.29. The van der Waals surface area contributed by atoms with Crippen molar-refractivity contribution in [1.82, 2.24) is 5.32 Å². The van der Waals surface area contributed by atoms with Gasteiger partial charge >= 0.3 is 0 Å². The van der Waals surface area contributed by atoms with Crippen LogP contribution in [0.2, 0.25) is 0 Å². The molecule has 1 aliphatic heterocycles. The summed E-state index contributed by atoms with van der Waals surface area (Å²) in [4.78, 5) is 16.5. The minimum Gasteiger partial charge on any atom is -0.351 e. The number of carbonyl (C=O) groups is 1. The molecule has 1 amide bonds. The van der Waals surface area contributed by atoms with Crippen molar-refractivity contribution in [2.75, 3.05) is 12.3 Å². The van der Waals surface area contributed by atoms with Crippen molar-refractivity contribution in [3.63, 3.8) is 0 Å². The molecule has 19 heavy (non-hydrogen) atoms. The molecule has 1 N–H and O–H groups in total. The maximum absolute atomic E-state index is 12.1. The van der Waals surface area contributed by atoms with Gasteiger partial charge in [-0.3, -0.25) is 9.79 Å². The maximum Gasteiger partial charge on any atom is 0.233 e. The standard InChI is InChI=1S/C14H18N2OS2/c1-2-12(19-14-15-8-9-18-14)13(17)16-10-11-6-4-3-5-7-11/h3-7,12H,2,8-10H2,1H3,(H,16,17)/t12-/m1/s1. The number of nitrogens with zero attached hydrogens (tertiary/aromatic N) is 1. The number of hydrogen-bond acceptors (Lipinski definition) is 4. The number of hydrogen-bond donors (Lipinski definition) is 1. The van der Waals surface area contributed by atoms with Crippen molar-refractivity contribution in [3.8, 4) is 0 Å². The summed E-state index contributed by atoms with van der Waals surface area (Å²) in [6, 6.07) is 9.98. The number of rotatable bonds is 5. The lowest BCUT2D eigenvalue weighted by Crippen LogP contribution is -2.32. The lowest BCUT2D eigenvalue weighted by Gasteiger charge is -2.14. The SMILES string of the molecule is CC[C@@H](SC1=NCCS1)C(=O)NCc1ccccc1. The van der Waals surface area contributed by atoms with Crippen LogP contribution in [0, 0.1) is 0 Å². The third kappa shape index (κ3) is 4.58. The number of amides is 1. The maximum atomic E-state index is 12.1. The highest BCUT2D eigenvalue weighted by atomic mass is 32.2. The Hall–Kier alpha value is -0.940. The van der Waals surface area contributed by atoms with E-state index in [2.05, 4.69) is 10.3 Å². The van der Waals surface area contributed by atoms with Gasteiger partial charge in [0.25, 0.3) is 0 Å². The average Bonchev–Trinajstić information content (AvgIpc) is 2.96. The van der Waals surface area contributed by atoms with E-state index in [1.807, 2.05) is 37.3 Å². The van der Waals surface area contributed by atoms with Crippen molar-refractivity contribution in [1.29, 1.82) is 0 Å². The highest BCUT2D eigenvalue weighted by molar-refractivity contribution is 8.39. The predicted molar refractivity (Wildman–Crippen MR) is 84.7 cm³/mol. The summed E-state index contributed by atoms with van der Waals surface area (Å²) in [5.41, 5.74) is 1.13. The van der Waals surface area contributed by atoms with Gasteiger partial charge < -0.3 is 5.32 Å². The summed E-state index contributed by atoms with van der Waals surface area (Å²) in [6.07, 6.45) is 0.824. The second-order valence-corrected chi connectivity index (χ2v) is 6.75. The predicted octanol–water partition coefficient (Wildman–Crippen LogP) is 2.92. The molecule has 3 nitrogen and oxygen atoms in total. The Bertz CT molecular complexity index is 448. The molecule has 1 heterocycles. The third-order valence-corrected chi connectivity index (χ3v) is 5.34. The van der Waals surface area contributed by atoms with Gasteiger partial charge in [-0.05, 0) is 12.0 Å². The molecule has 2 rings (SSSR count). The third-order valence-electron chi connectivity index (χ3n) is 2.77. The molecule has 0 radical (unpaired) electrons. The lowest BCUT2D eigenvalue weighted by atomic mass is 10.2. The van der Waals surface area contributed by atoms with E-state index < -0.39 is 0 Å². The van der Waals surface area contributed by atoms with Gasteiger partial charge in [0.05, 0.1) is 11.8 Å². The molecule has 0 unspecified atom stereocenters. The summed E-state index contributed by atoms with van der Waals surface area (Å²) in [7, 11) is 0. The van der Waals surface area contributed by atoms with Gasteiger partial charge in [0.15, 0.2) is 0 Å². The first-order valence-electron chi connectivity index (χ1n) is 6.45. The van der Waals surface area contributed by atoms with Crippen LogP contribution in [0.1, 0.15) is 18.9 Å². The minimum absolute atomic E-state index is 0.0342. The van der Waals surface area contributed by atoms with Gasteiger partial charge in [-0.25, -0.2) is 0 Å². The van der Waals surface area contributed by atoms with Crippen LogP contribution < -0.4 is 5.32 Å². The Morgan fingerprint density at radius 1 is 1.47 bits per heavy atom. The smallest absolute Gasteiger partial charge is 0.233 e. The Balaban J connectivity index is 1.83. The largest absolute Gasteiger partial charge is 0.351 e. The number of carbonyl (C=O) groups excluding carboxylic acids is 1. The summed E-state index contributed by atoms with van der Waals surface area (Å²) in [5, 5.41) is 2.97. The van der Waals surface area contributed by atoms with Crippen molar-refractivity contribution < 1.29 is 4.79 Å². The Morgan fingerprint density at radius 3 is 2.89 bits per heavy atom. The van der Waals surface area contributed by atoms with Gasteiger partial charge in [0, 0.05) is 12.3 Å². The zero-order chi connectivity index (χ0) is 13.5. The van der Waals surface area contributed by atoms with Gasteiger partial charge in [-0.1, -0.05) is 60.8 Å². The van der Waals surface area contributed by atoms with Crippen LogP contribution in [0.5, 0.6) is 0 Å². The molecular weight excluding hydrogens is 276 g/mol. The monoisotopic (exact) mass is 294 g/mol. The molecule has 0 fully saturated rings. The molecule has 5 heteroatoms. The van der Waals surface area contributed by atoms with Crippen LogP contribution in [0.15, 0.2) is 35.3 Å². The highest BCUT2D eigenvalue weighted by Crippen LogP contribution is 2.27. The van der Waals surface area contributed by atoms with Crippen LogP contribution in [0.4, 0.5) is 0 Å². The molecule has 0 saturated heterocycles. The fourth-order valence-corrected chi connectivity index (χ4v) is 3.91. The van der Waals surface area contributed by atoms with Gasteiger partial charge in [-0.2, -0.15) is 0 Å². The first-order valence-corrected chi connectivity index (χ1v) is 8.31. The van der Waals surface area contributed by atoms with E-state index in [0.717, 1.165) is 28.7 Å². The minimum atomic E-state index is -0.0342. The van der Waals surface area contributed by atoms with E-state index in [9.17, 15) is 4.79 Å². The summed E-state index contributed by atoms with van der Waals surface area (Å²) in [6.45, 7) is 3.52. The van der Waals surface area contributed by atoms with Gasteiger partial charge in [-0.15, -0.1) is 0 Å². The van der Waals surface area contributed by atoms with Crippen molar-refractivity contribution in [2.24, 2.45) is 4.99 Å². The number of benzene rings is 1. The van der Waals surface area contributed by atoms with E-state index in [1.165, 1.54) is 0 Å². The van der Waals surface area contributed by atoms with E-state index in [0.29, 0.717) is 6.54 Å². The average molecular weight is 294 g/mol. The molecule has 1 aliphatic rings. The molecule has 1 aromatic rings. The lowest BCUT2D eigenvalue weighted by molar-refractivity contribution is -0.120. The van der Waals surface area contributed by atoms with Crippen molar-refractivity contribution >= 4 is 33.8 Å². The van der Waals surface area contributed by atoms with Gasteiger partial charge in [0.2, 0.25) is 5.91 Å². The molecule has 0 bridgehead atoms. The number of nitrogens with one attached hydrogen (secondary N) is 1. The molecule has 0 aromatic heterocycles. The Kier molecular flexibility index (Phi) is 5.79. The van der Waals surface area contributed by atoms with Crippen molar-refractivity contribution in [3.05, 3.63) is 35.9 Å². The van der Waals surface area contributed by atoms with Crippen LogP contribution in [-0.2, 0) is 11.3 Å². The highest BCUT2D eigenvalue weighted by Gasteiger charge is 2.21. The van der Waals surface area contributed by atoms with E-state index in [1.54, 1.807) is 23.5 Å². The van der Waals surface area contributed by atoms with E-state index >= 15 is 0 Å². The molecule has 0 spiro atoms. The molecule has 102 valence electrons. The quantitative estimate of drug-likeness (QED) is 0.908. The molecule has 0 saturated carbocycles. The van der Waals surface area contributed by atoms with E-state index in [4.69, 9.17) is 0 Å². The summed E-state index contributed by atoms with van der Waals surface area (Å²) >= 11 is 3.35. The molecule has 0 aliphatic carbocycles. The van der Waals surface area contributed by atoms with Gasteiger partial charge in [0.1, 0.15) is 4.38 Å². The van der Waals surface area contributed by atoms with Crippen LogP contribution >= 0.6 is 23.5 Å². The molecule has 1 atom stereocenters. The second kappa shape index (κ2) is 7.60. The first kappa shape index (κ1) is 14.5. The van der Waals surface area contributed by atoms with Crippen molar-refractivity contribution in [2.45, 2.75) is 25.1 Å². The van der Waals surface area contributed by atoms with Crippen LogP contribution in [0.3, 0.4) is 0 Å². The fourth-order valence-electron chi connectivity index (χ4n) is 1.73. The fraction of sp³-hybridized carbons (Fsp3) is 0.429. The summed E-state index contributed by atoms with van der Waals surface area (Å²) in [5.74, 6) is 1.15. The Morgan fingerprint density at radius 2 is 2.26 bits per heavy atom. The number of aliphatic imine (C=N–C) groups is 1. The normalized spacial score (nSPS) is 15.9. The molecular formula is C14H18N2OS2. The molecule has 1 aromatic carbocycles. The number of thioether (sulfide) groups is 2. The van der Waals surface area contributed by atoms with Crippen LogP contribution in [-0.4, -0.2) is 27.8 Å². The zero-order valence-electron chi connectivity index (χ0n) is 11.0. The van der Waals surface area contributed by atoms with E-state index in [-0.39, 0.29) is 11.2 Å².